The van der Waals surface area contributed by atoms with Crippen LogP contribution in [0.25, 0.3) is 10.9 Å². The largest absolute Gasteiger partial charge is 0.352 e. The first-order valence-electron chi connectivity index (χ1n) is 8.81. The van der Waals surface area contributed by atoms with Gasteiger partial charge in [0.25, 0.3) is 0 Å². The maximum absolute atomic E-state index is 12.3. The Morgan fingerprint density at radius 3 is 2.64 bits per heavy atom. The molecule has 2 bridgehead atoms. The van der Waals surface area contributed by atoms with Crippen molar-refractivity contribution in [1.82, 2.24) is 15.6 Å². The summed E-state index contributed by atoms with van der Waals surface area (Å²) in [4.78, 5) is 26.9. The predicted molar refractivity (Wildman–Crippen MR) is 101 cm³/mol. The number of H-pyrrole nitrogens is 1. The summed E-state index contributed by atoms with van der Waals surface area (Å²) in [7, 11) is 0. The van der Waals surface area contributed by atoms with Crippen LogP contribution in [-0.4, -0.2) is 23.0 Å². The molecule has 2 unspecified atom stereocenters. The molecular weight excluding hydrogens is 338 g/mol. The van der Waals surface area contributed by atoms with Crippen LogP contribution in [0.4, 0.5) is 0 Å². The number of carbonyl (C=O) groups is 1. The van der Waals surface area contributed by atoms with E-state index in [2.05, 4.69) is 15.6 Å². The Morgan fingerprint density at radius 2 is 1.88 bits per heavy atom. The van der Waals surface area contributed by atoms with E-state index in [0.717, 1.165) is 29.3 Å². The summed E-state index contributed by atoms with van der Waals surface area (Å²) >= 11 is 0. The van der Waals surface area contributed by atoms with E-state index in [0.29, 0.717) is 31.0 Å². The fraction of sp³-hybridized carbons (Fsp3) is 0.474. The van der Waals surface area contributed by atoms with Gasteiger partial charge in [-0.3, -0.25) is 9.59 Å². The average molecular weight is 362 g/mol. The second kappa shape index (κ2) is 7.58. The van der Waals surface area contributed by atoms with Crippen LogP contribution >= 0.6 is 12.4 Å². The number of rotatable bonds is 4. The lowest BCUT2D eigenvalue weighted by Gasteiger charge is -2.28. The summed E-state index contributed by atoms with van der Waals surface area (Å²) < 4.78 is 0. The van der Waals surface area contributed by atoms with E-state index in [4.69, 9.17) is 0 Å². The van der Waals surface area contributed by atoms with Crippen molar-refractivity contribution in [3.05, 3.63) is 46.2 Å². The highest BCUT2D eigenvalue weighted by Gasteiger charge is 2.34. The zero-order valence-corrected chi connectivity index (χ0v) is 14.9. The number of benzene rings is 1. The van der Waals surface area contributed by atoms with Gasteiger partial charge < -0.3 is 15.6 Å². The quantitative estimate of drug-likeness (QED) is 0.783. The van der Waals surface area contributed by atoms with E-state index in [1.807, 2.05) is 24.3 Å². The van der Waals surface area contributed by atoms with Crippen LogP contribution in [0.5, 0.6) is 0 Å². The maximum atomic E-state index is 12.3. The Kier molecular flexibility index (Phi) is 5.45. The molecule has 1 aromatic heterocycles. The van der Waals surface area contributed by atoms with Gasteiger partial charge in [0.15, 0.2) is 0 Å². The van der Waals surface area contributed by atoms with Crippen molar-refractivity contribution >= 4 is 29.2 Å². The molecule has 3 N–H and O–H groups in total. The average Bonchev–Trinajstić information content (AvgIpc) is 2.91. The minimum atomic E-state index is -0.132. The number of piperidine rings is 1. The third kappa shape index (κ3) is 4.05. The first-order valence-corrected chi connectivity index (χ1v) is 8.81. The van der Waals surface area contributed by atoms with Crippen molar-refractivity contribution in [1.29, 1.82) is 0 Å². The maximum Gasteiger partial charge on any atom is 0.248 e. The second-order valence-corrected chi connectivity index (χ2v) is 7.16. The normalized spacial score (nSPS) is 24.7. The zero-order chi connectivity index (χ0) is 16.5. The Balaban J connectivity index is 0.00000182. The molecule has 4 rings (SSSR count). The van der Waals surface area contributed by atoms with Crippen LogP contribution in [-0.2, 0) is 11.3 Å². The molecule has 2 saturated heterocycles. The summed E-state index contributed by atoms with van der Waals surface area (Å²) in [5.74, 6) is 0.574. The van der Waals surface area contributed by atoms with Crippen molar-refractivity contribution in [3.8, 4) is 0 Å². The van der Waals surface area contributed by atoms with E-state index < -0.39 is 0 Å². The molecule has 0 aliphatic carbocycles. The standard InChI is InChI=1S/C19H23N3O2.ClH/c23-18(9-12-7-14-5-6-15(8-12)21-14)20-11-13-10-19(24)22-17-4-2-1-3-16(13)17;/h1-4,10,12,14-15,21H,5-9,11H2,(H,20,23)(H,22,24);1H. The van der Waals surface area contributed by atoms with E-state index in [1.165, 1.54) is 12.8 Å². The van der Waals surface area contributed by atoms with Crippen LogP contribution < -0.4 is 16.2 Å². The molecule has 134 valence electrons. The number of halogens is 1. The first-order chi connectivity index (χ1) is 11.7. The van der Waals surface area contributed by atoms with Gasteiger partial charge in [-0.2, -0.15) is 0 Å². The van der Waals surface area contributed by atoms with Crippen LogP contribution in [0.15, 0.2) is 35.1 Å². The van der Waals surface area contributed by atoms with Gasteiger partial charge in [-0.05, 0) is 43.2 Å². The molecule has 2 atom stereocenters. The molecule has 0 saturated carbocycles. The summed E-state index contributed by atoms with van der Waals surface area (Å²) in [6.07, 6.45) is 5.31. The number of hydrogen-bond acceptors (Lipinski definition) is 3. The number of para-hydroxylation sites is 1. The third-order valence-corrected chi connectivity index (χ3v) is 5.36. The van der Waals surface area contributed by atoms with E-state index in [1.54, 1.807) is 6.07 Å². The number of nitrogens with one attached hydrogen (secondary N) is 3. The molecule has 3 heterocycles. The van der Waals surface area contributed by atoms with Crippen molar-refractivity contribution in [2.24, 2.45) is 5.92 Å². The van der Waals surface area contributed by atoms with Gasteiger partial charge in [-0.15, -0.1) is 12.4 Å². The highest BCUT2D eigenvalue weighted by Crippen LogP contribution is 2.32. The second-order valence-electron chi connectivity index (χ2n) is 7.16. The SMILES string of the molecule is Cl.O=C(CC1CC2CCC(C1)N2)NCc1cc(=O)[nH]c2ccccc12. The van der Waals surface area contributed by atoms with Crippen LogP contribution in [0.2, 0.25) is 0 Å². The molecule has 6 heteroatoms. The van der Waals surface area contributed by atoms with Crippen LogP contribution in [0.1, 0.15) is 37.7 Å². The molecule has 1 amide bonds. The Hall–Kier alpha value is -1.85. The van der Waals surface area contributed by atoms with E-state index >= 15 is 0 Å². The highest BCUT2D eigenvalue weighted by atomic mass is 35.5. The lowest BCUT2D eigenvalue weighted by Crippen LogP contribution is -2.39. The predicted octanol–water partition coefficient (Wildman–Crippen LogP) is 2.49. The fourth-order valence-corrected chi connectivity index (χ4v) is 4.29. The molecule has 25 heavy (non-hydrogen) atoms. The molecule has 0 spiro atoms. The number of aromatic nitrogens is 1. The van der Waals surface area contributed by atoms with Gasteiger partial charge >= 0.3 is 0 Å². The summed E-state index contributed by atoms with van der Waals surface area (Å²) in [6, 6.07) is 10.5. The van der Waals surface area contributed by atoms with Gasteiger partial charge in [0.2, 0.25) is 11.5 Å². The number of pyridine rings is 1. The van der Waals surface area contributed by atoms with Crippen molar-refractivity contribution in [3.63, 3.8) is 0 Å². The Morgan fingerprint density at radius 1 is 1.16 bits per heavy atom. The monoisotopic (exact) mass is 361 g/mol. The minimum absolute atomic E-state index is 0. The van der Waals surface area contributed by atoms with Gasteiger partial charge in [0, 0.05) is 42.0 Å². The molecule has 5 nitrogen and oxygen atoms in total. The molecule has 1 aromatic carbocycles. The van der Waals surface area contributed by atoms with E-state index in [-0.39, 0.29) is 23.9 Å². The summed E-state index contributed by atoms with van der Waals surface area (Å²) in [5.41, 5.74) is 1.55. The first kappa shape index (κ1) is 18.0. The molecule has 2 aromatic rings. The van der Waals surface area contributed by atoms with Gasteiger partial charge in [-0.1, -0.05) is 18.2 Å². The fourth-order valence-electron chi connectivity index (χ4n) is 4.29. The van der Waals surface area contributed by atoms with Crippen molar-refractivity contribution in [2.75, 3.05) is 0 Å². The smallest absolute Gasteiger partial charge is 0.248 e. The molecule has 2 fully saturated rings. The van der Waals surface area contributed by atoms with Crippen LogP contribution in [0.3, 0.4) is 0 Å². The molecular formula is C19H24ClN3O2. The van der Waals surface area contributed by atoms with Crippen LogP contribution in [0, 0.1) is 5.92 Å². The minimum Gasteiger partial charge on any atom is -0.352 e. The number of aromatic amines is 1. The Bertz CT molecular complexity index is 808. The number of carbonyl (C=O) groups excluding carboxylic acids is 1. The summed E-state index contributed by atoms with van der Waals surface area (Å²) in [6.45, 7) is 0.404. The van der Waals surface area contributed by atoms with Gasteiger partial charge in [0.1, 0.15) is 0 Å². The van der Waals surface area contributed by atoms with Gasteiger partial charge in [-0.25, -0.2) is 0 Å². The third-order valence-electron chi connectivity index (χ3n) is 5.36. The summed E-state index contributed by atoms with van der Waals surface area (Å²) in [5, 5.41) is 7.59. The van der Waals surface area contributed by atoms with Crippen molar-refractivity contribution in [2.45, 2.75) is 50.7 Å². The zero-order valence-electron chi connectivity index (χ0n) is 14.1. The molecule has 2 aliphatic rings. The topological polar surface area (TPSA) is 74.0 Å². The highest BCUT2D eigenvalue weighted by molar-refractivity contribution is 5.85. The Labute approximate surface area is 153 Å². The number of hydrogen-bond donors (Lipinski definition) is 3. The number of amides is 1. The molecule has 2 aliphatic heterocycles. The van der Waals surface area contributed by atoms with Crippen molar-refractivity contribution < 1.29 is 4.79 Å². The lowest BCUT2D eigenvalue weighted by molar-refractivity contribution is -0.122. The van der Waals surface area contributed by atoms with Gasteiger partial charge in [0.05, 0.1) is 0 Å². The lowest BCUT2D eigenvalue weighted by atomic mass is 9.89. The van der Waals surface area contributed by atoms with E-state index in [9.17, 15) is 9.59 Å². The number of fused-ring (bicyclic) bond motifs is 3. The molecule has 0 radical (unpaired) electrons.